The van der Waals surface area contributed by atoms with Crippen molar-refractivity contribution in [1.82, 2.24) is 20.2 Å². The topological polar surface area (TPSA) is 127 Å². The van der Waals surface area contributed by atoms with Gasteiger partial charge in [-0.15, -0.1) is 10.2 Å². The van der Waals surface area contributed by atoms with Crippen molar-refractivity contribution >= 4 is 49.8 Å². The van der Waals surface area contributed by atoms with E-state index in [0.29, 0.717) is 11.3 Å². The van der Waals surface area contributed by atoms with Gasteiger partial charge in [0.2, 0.25) is 11.0 Å². The molecule has 2 N–H and O–H groups in total. The molecule has 2 aromatic rings. The van der Waals surface area contributed by atoms with Crippen molar-refractivity contribution in [3.63, 3.8) is 0 Å². The summed E-state index contributed by atoms with van der Waals surface area (Å²) in [6, 6.07) is 0. The van der Waals surface area contributed by atoms with Crippen molar-refractivity contribution in [2.75, 3.05) is 10.0 Å². The van der Waals surface area contributed by atoms with E-state index in [1.165, 1.54) is 19.3 Å². The molecular formula is C8H7ClN6O3S2. The van der Waals surface area contributed by atoms with Crippen LogP contribution in [0.1, 0.15) is 6.92 Å². The third-order valence-electron chi connectivity index (χ3n) is 1.80. The summed E-state index contributed by atoms with van der Waals surface area (Å²) in [6.45, 7) is 1.27. The summed E-state index contributed by atoms with van der Waals surface area (Å²) in [7, 11) is -3.99. The van der Waals surface area contributed by atoms with Gasteiger partial charge >= 0.3 is 0 Å². The first-order valence-corrected chi connectivity index (χ1v) is 7.66. The highest BCUT2D eigenvalue weighted by atomic mass is 35.5. The lowest BCUT2D eigenvalue weighted by Gasteiger charge is -2.04. The van der Waals surface area contributed by atoms with Gasteiger partial charge in [-0.05, 0) is 0 Å². The molecule has 2 aromatic heterocycles. The average molecular weight is 335 g/mol. The van der Waals surface area contributed by atoms with Crippen LogP contribution in [0.2, 0.25) is 5.15 Å². The number of carbonyl (C=O) groups is 1. The van der Waals surface area contributed by atoms with Crippen molar-refractivity contribution in [1.29, 1.82) is 0 Å². The third-order valence-corrected chi connectivity index (χ3v) is 4.63. The Labute approximate surface area is 122 Å². The summed E-state index contributed by atoms with van der Waals surface area (Å²) in [6.07, 6.45) is 2.60. The average Bonchev–Trinajstić information content (AvgIpc) is 2.80. The minimum absolute atomic E-state index is 0.0723. The van der Waals surface area contributed by atoms with Crippen LogP contribution in [0.5, 0.6) is 0 Å². The molecule has 20 heavy (non-hydrogen) atoms. The number of hydrogen-bond acceptors (Lipinski definition) is 8. The molecule has 1 amide bonds. The number of carbonyl (C=O) groups excluding carboxylic acids is 1. The Morgan fingerprint density at radius 2 is 2.00 bits per heavy atom. The predicted molar refractivity (Wildman–Crippen MR) is 72.1 cm³/mol. The smallest absolute Gasteiger partial charge is 0.292 e. The second-order valence-corrected chi connectivity index (χ2v) is 6.55. The standard InChI is InChI=1S/C8H7ClN6O3S2/c1-4(16)12-7-13-14-8(19-7)20(17,18)15-6-5(9)10-2-3-11-6/h2-3H,1H3,(H,11,15)(H,12,13,16). The van der Waals surface area contributed by atoms with Gasteiger partial charge in [0.05, 0.1) is 0 Å². The van der Waals surface area contributed by atoms with Gasteiger partial charge in [0.15, 0.2) is 11.0 Å². The summed E-state index contributed by atoms with van der Waals surface area (Å²) >= 11 is 6.40. The fourth-order valence-electron chi connectivity index (χ4n) is 1.08. The predicted octanol–water partition coefficient (Wildman–Crippen LogP) is 0.741. The van der Waals surface area contributed by atoms with Gasteiger partial charge in [0.25, 0.3) is 14.4 Å². The molecule has 0 atom stereocenters. The number of amides is 1. The van der Waals surface area contributed by atoms with Crippen molar-refractivity contribution < 1.29 is 13.2 Å². The van der Waals surface area contributed by atoms with E-state index in [2.05, 4.69) is 30.2 Å². The van der Waals surface area contributed by atoms with Crippen molar-refractivity contribution in [3.05, 3.63) is 17.5 Å². The van der Waals surface area contributed by atoms with Crippen LogP contribution in [0.15, 0.2) is 16.7 Å². The number of nitrogens with zero attached hydrogens (tertiary/aromatic N) is 4. The Morgan fingerprint density at radius 3 is 2.65 bits per heavy atom. The maximum atomic E-state index is 12.0. The number of rotatable bonds is 4. The van der Waals surface area contributed by atoms with Crippen molar-refractivity contribution in [3.8, 4) is 0 Å². The lowest BCUT2D eigenvalue weighted by atomic mass is 10.7. The number of nitrogens with one attached hydrogen (secondary N) is 2. The zero-order chi connectivity index (χ0) is 14.8. The largest absolute Gasteiger partial charge is 0.301 e. The maximum absolute atomic E-state index is 12.0. The van der Waals surface area contributed by atoms with Gasteiger partial charge in [-0.3, -0.25) is 9.52 Å². The van der Waals surface area contributed by atoms with E-state index < -0.39 is 10.0 Å². The van der Waals surface area contributed by atoms with Gasteiger partial charge in [-0.2, -0.15) is 8.42 Å². The lowest BCUT2D eigenvalue weighted by molar-refractivity contribution is -0.114. The van der Waals surface area contributed by atoms with Crippen LogP contribution in [-0.2, 0) is 14.8 Å². The zero-order valence-electron chi connectivity index (χ0n) is 9.86. The highest BCUT2D eigenvalue weighted by Gasteiger charge is 2.22. The first-order valence-electron chi connectivity index (χ1n) is 4.99. The second-order valence-electron chi connectivity index (χ2n) is 3.36. The molecule has 9 nitrogen and oxygen atoms in total. The van der Waals surface area contributed by atoms with Crippen LogP contribution in [0.4, 0.5) is 10.9 Å². The van der Waals surface area contributed by atoms with Crippen LogP contribution in [0.25, 0.3) is 0 Å². The number of sulfonamides is 1. The van der Waals surface area contributed by atoms with E-state index >= 15 is 0 Å². The SMILES string of the molecule is CC(=O)Nc1nnc(S(=O)(=O)Nc2nccnc2Cl)s1. The third kappa shape index (κ3) is 3.37. The van der Waals surface area contributed by atoms with E-state index in [-0.39, 0.29) is 26.3 Å². The van der Waals surface area contributed by atoms with Crippen molar-refractivity contribution in [2.24, 2.45) is 0 Å². The van der Waals surface area contributed by atoms with Gasteiger partial charge in [0, 0.05) is 19.3 Å². The second kappa shape index (κ2) is 5.64. The molecule has 2 rings (SSSR count). The van der Waals surface area contributed by atoms with Crippen LogP contribution in [0, 0.1) is 0 Å². The molecule has 0 aromatic carbocycles. The van der Waals surface area contributed by atoms with E-state index in [1.807, 2.05) is 0 Å². The quantitative estimate of drug-likeness (QED) is 0.789. The molecule has 0 bridgehead atoms. The van der Waals surface area contributed by atoms with E-state index in [1.54, 1.807) is 0 Å². The first-order chi connectivity index (χ1) is 9.38. The summed E-state index contributed by atoms with van der Waals surface area (Å²) in [5.41, 5.74) is 0. The molecule has 0 unspecified atom stereocenters. The fraction of sp³-hybridized carbons (Fsp3) is 0.125. The number of hydrogen-bond donors (Lipinski definition) is 2. The van der Waals surface area contributed by atoms with E-state index in [4.69, 9.17) is 11.6 Å². The van der Waals surface area contributed by atoms with Gasteiger partial charge in [0.1, 0.15) is 0 Å². The fourth-order valence-corrected chi connectivity index (χ4v) is 3.25. The van der Waals surface area contributed by atoms with Gasteiger partial charge < -0.3 is 5.32 Å². The molecule has 0 spiro atoms. The van der Waals surface area contributed by atoms with Crippen LogP contribution in [-0.4, -0.2) is 34.5 Å². The number of halogens is 1. The first kappa shape index (κ1) is 14.6. The Hall–Kier alpha value is -1.85. The number of anilines is 2. The highest BCUT2D eigenvalue weighted by molar-refractivity contribution is 7.94. The van der Waals surface area contributed by atoms with Gasteiger partial charge in [-0.1, -0.05) is 22.9 Å². The molecule has 0 fully saturated rings. The summed E-state index contributed by atoms with van der Waals surface area (Å²) in [5, 5.41) is 9.32. The lowest BCUT2D eigenvalue weighted by Crippen LogP contribution is -2.14. The van der Waals surface area contributed by atoms with Crippen LogP contribution < -0.4 is 10.0 Å². The molecule has 0 saturated carbocycles. The Morgan fingerprint density at radius 1 is 1.30 bits per heavy atom. The van der Waals surface area contributed by atoms with Crippen LogP contribution >= 0.6 is 22.9 Å². The van der Waals surface area contributed by atoms with E-state index in [0.717, 1.165) is 0 Å². The molecule has 2 heterocycles. The van der Waals surface area contributed by atoms with Crippen molar-refractivity contribution in [2.45, 2.75) is 11.3 Å². The van der Waals surface area contributed by atoms with E-state index in [9.17, 15) is 13.2 Å². The summed E-state index contributed by atoms with van der Waals surface area (Å²) < 4.78 is 25.8. The van der Waals surface area contributed by atoms with Gasteiger partial charge in [-0.25, -0.2) is 9.97 Å². The normalized spacial score (nSPS) is 11.1. The minimum Gasteiger partial charge on any atom is -0.301 e. The summed E-state index contributed by atoms with van der Waals surface area (Å²) in [5.74, 6) is -0.500. The minimum atomic E-state index is -3.99. The number of aromatic nitrogens is 4. The molecule has 0 aliphatic rings. The molecule has 0 aliphatic carbocycles. The monoisotopic (exact) mass is 334 g/mol. The molecule has 106 valence electrons. The van der Waals surface area contributed by atoms with Crippen LogP contribution in [0.3, 0.4) is 0 Å². The summed E-state index contributed by atoms with van der Waals surface area (Å²) in [4.78, 5) is 18.3. The Balaban J connectivity index is 2.25. The molecule has 0 aliphatic heterocycles. The maximum Gasteiger partial charge on any atom is 0.292 e. The Kier molecular flexibility index (Phi) is 4.11. The highest BCUT2D eigenvalue weighted by Crippen LogP contribution is 2.23. The Bertz CT molecular complexity index is 746. The molecule has 0 radical (unpaired) electrons. The molecule has 0 saturated heterocycles. The molecule has 12 heteroatoms. The zero-order valence-corrected chi connectivity index (χ0v) is 12.3. The molecular weight excluding hydrogens is 328 g/mol.